The zero-order valence-corrected chi connectivity index (χ0v) is 10.8. The van der Waals surface area contributed by atoms with Crippen LogP contribution in [0.2, 0.25) is 0 Å². The summed E-state index contributed by atoms with van der Waals surface area (Å²) in [5, 5.41) is 6.81. The molecule has 0 unspecified atom stereocenters. The van der Waals surface area contributed by atoms with Crippen LogP contribution in [-0.4, -0.2) is 19.7 Å². The summed E-state index contributed by atoms with van der Waals surface area (Å²) in [4.78, 5) is 16.6. The summed E-state index contributed by atoms with van der Waals surface area (Å²) in [6.07, 6.45) is 1.58. The molecule has 3 aromatic rings. The van der Waals surface area contributed by atoms with E-state index in [0.717, 1.165) is 11.3 Å². The van der Waals surface area contributed by atoms with Crippen LogP contribution in [0.4, 0.5) is 0 Å². The topological polar surface area (TPSA) is 63.6 Å². The van der Waals surface area contributed by atoms with Crippen molar-refractivity contribution in [1.29, 1.82) is 0 Å². The van der Waals surface area contributed by atoms with Crippen molar-refractivity contribution in [2.24, 2.45) is 0 Å². The summed E-state index contributed by atoms with van der Waals surface area (Å²) in [7, 11) is 0. The largest absolute Gasteiger partial charge is 0.293 e. The first-order chi connectivity index (χ1) is 9.15. The number of aromatic amines is 1. The number of rotatable bonds is 2. The number of nitrogens with one attached hydrogen (secondary N) is 1. The van der Waals surface area contributed by atoms with Gasteiger partial charge in [-0.2, -0.15) is 5.10 Å². The molecule has 2 heterocycles. The highest BCUT2D eigenvalue weighted by molar-refractivity contribution is 5.75. The van der Waals surface area contributed by atoms with Crippen LogP contribution < -0.4 is 5.56 Å². The smallest absolute Gasteiger partial charge is 0.282 e. The Balaban J connectivity index is 2.06. The highest BCUT2D eigenvalue weighted by atomic mass is 16.1. The minimum absolute atomic E-state index is 0.115. The van der Waals surface area contributed by atoms with Crippen molar-refractivity contribution in [2.75, 3.05) is 0 Å². The number of H-pyrrole nitrogens is 1. The lowest BCUT2D eigenvalue weighted by molar-refractivity contribution is 0.746. The van der Waals surface area contributed by atoms with Crippen LogP contribution in [0.15, 0.2) is 35.4 Å². The number of aromatic nitrogens is 4. The first-order valence-corrected chi connectivity index (χ1v) is 6.11. The Morgan fingerprint density at radius 3 is 2.89 bits per heavy atom. The Bertz CT molecular complexity index is 801. The molecule has 0 spiro atoms. The Morgan fingerprint density at radius 1 is 1.26 bits per heavy atom. The molecule has 0 saturated carbocycles. The average Bonchev–Trinajstić information content (AvgIpc) is 2.76. The van der Waals surface area contributed by atoms with E-state index in [1.54, 1.807) is 10.9 Å². The molecule has 2 aromatic heterocycles. The SMILES string of the molecule is Cc1cccc(Cn2cnc3c(C)[nH]nc3c2=O)c1. The molecule has 3 rings (SSSR count). The van der Waals surface area contributed by atoms with Gasteiger partial charge in [0, 0.05) is 0 Å². The lowest BCUT2D eigenvalue weighted by Gasteiger charge is -2.05. The third-order valence-electron chi connectivity index (χ3n) is 3.14. The minimum atomic E-state index is -0.115. The van der Waals surface area contributed by atoms with Crippen molar-refractivity contribution in [3.8, 4) is 0 Å². The first-order valence-electron chi connectivity index (χ1n) is 6.11. The second-order valence-electron chi connectivity index (χ2n) is 4.71. The Morgan fingerprint density at radius 2 is 2.11 bits per heavy atom. The van der Waals surface area contributed by atoms with Crippen LogP contribution in [0, 0.1) is 13.8 Å². The predicted octanol–water partition coefficient (Wildman–Crippen LogP) is 1.78. The lowest BCUT2D eigenvalue weighted by Crippen LogP contribution is -2.21. The van der Waals surface area contributed by atoms with E-state index in [-0.39, 0.29) is 5.56 Å². The van der Waals surface area contributed by atoms with Gasteiger partial charge in [0.05, 0.1) is 18.6 Å². The predicted molar refractivity (Wildman–Crippen MR) is 73.2 cm³/mol. The van der Waals surface area contributed by atoms with Gasteiger partial charge in [-0.15, -0.1) is 0 Å². The maximum Gasteiger partial charge on any atom is 0.282 e. The fraction of sp³-hybridized carbons (Fsp3) is 0.214. The molecule has 1 N–H and O–H groups in total. The van der Waals surface area contributed by atoms with E-state index < -0.39 is 0 Å². The van der Waals surface area contributed by atoms with E-state index in [1.807, 2.05) is 32.0 Å². The lowest BCUT2D eigenvalue weighted by atomic mass is 10.1. The van der Waals surface area contributed by atoms with Gasteiger partial charge in [0.2, 0.25) is 0 Å². The van der Waals surface area contributed by atoms with E-state index >= 15 is 0 Å². The van der Waals surface area contributed by atoms with Gasteiger partial charge in [-0.25, -0.2) is 4.98 Å². The third kappa shape index (κ3) is 2.03. The zero-order chi connectivity index (χ0) is 13.4. The number of hydrogen-bond donors (Lipinski definition) is 1. The molecule has 5 nitrogen and oxygen atoms in total. The monoisotopic (exact) mass is 254 g/mol. The van der Waals surface area contributed by atoms with E-state index in [0.29, 0.717) is 17.6 Å². The van der Waals surface area contributed by atoms with Gasteiger partial charge >= 0.3 is 0 Å². The molecular formula is C14H14N4O. The molecule has 1 aromatic carbocycles. The summed E-state index contributed by atoms with van der Waals surface area (Å²) in [6, 6.07) is 8.08. The molecule has 0 fully saturated rings. The van der Waals surface area contributed by atoms with Crippen molar-refractivity contribution in [3.05, 3.63) is 57.8 Å². The number of nitrogens with zero attached hydrogens (tertiary/aromatic N) is 3. The molecular weight excluding hydrogens is 240 g/mol. The van der Waals surface area contributed by atoms with Gasteiger partial charge < -0.3 is 0 Å². The van der Waals surface area contributed by atoms with Crippen LogP contribution >= 0.6 is 0 Å². The number of benzene rings is 1. The Kier molecular flexibility index (Phi) is 2.67. The molecule has 0 aliphatic rings. The Hall–Kier alpha value is -2.43. The van der Waals surface area contributed by atoms with Crippen LogP contribution in [0.1, 0.15) is 16.8 Å². The Labute approximate surface area is 109 Å². The molecule has 0 amide bonds. The second kappa shape index (κ2) is 4.35. The molecule has 5 heteroatoms. The summed E-state index contributed by atoms with van der Waals surface area (Å²) in [5.74, 6) is 0. The van der Waals surface area contributed by atoms with Gasteiger partial charge in [0.25, 0.3) is 5.56 Å². The van der Waals surface area contributed by atoms with Gasteiger partial charge in [0.15, 0.2) is 5.52 Å². The fourth-order valence-electron chi connectivity index (χ4n) is 2.17. The van der Waals surface area contributed by atoms with Gasteiger partial charge in [-0.1, -0.05) is 29.8 Å². The van der Waals surface area contributed by atoms with Crippen molar-refractivity contribution in [2.45, 2.75) is 20.4 Å². The molecule has 19 heavy (non-hydrogen) atoms. The van der Waals surface area contributed by atoms with Gasteiger partial charge in [-0.3, -0.25) is 14.5 Å². The highest BCUT2D eigenvalue weighted by Gasteiger charge is 2.09. The van der Waals surface area contributed by atoms with Crippen molar-refractivity contribution in [3.63, 3.8) is 0 Å². The molecule has 0 atom stereocenters. The van der Waals surface area contributed by atoms with Crippen molar-refractivity contribution < 1.29 is 0 Å². The van der Waals surface area contributed by atoms with Crippen LogP contribution in [-0.2, 0) is 6.54 Å². The molecule has 0 radical (unpaired) electrons. The third-order valence-corrected chi connectivity index (χ3v) is 3.14. The summed E-state index contributed by atoms with van der Waals surface area (Å²) in [5.41, 5.74) is 3.99. The van der Waals surface area contributed by atoms with Crippen molar-refractivity contribution in [1.82, 2.24) is 19.7 Å². The molecule has 0 aliphatic heterocycles. The van der Waals surface area contributed by atoms with Crippen molar-refractivity contribution >= 4 is 11.0 Å². The fourth-order valence-corrected chi connectivity index (χ4v) is 2.17. The summed E-state index contributed by atoms with van der Waals surface area (Å²) < 4.78 is 1.58. The molecule has 0 aliphatic carbocycles. The van der Waals surface area contributed by atoms with Crippen LogP contribution in [0.25, 0.3) is 11.0 Å². The van der Waals surface area contributed by atoms with E-state index in [1.165, 1.54) is 5.56 Å². The van der Waals surface area contributed by atoms with Crippen LogP contribution in [0.3, 0.4) is 0 Å². The van der Waals surface area contributed by atoms with Gasteiger partial charge in [0.1, 0.15) is 5.52 Å². The minimum Gasteiger partial charge on any atom is -0.293 e. The normalized spacial score (nSPS) is 11.1. The number of fused-ring (bicyclic) bond motifs is 1. The summed E-state index contributed by atoms with van der Waals surface area (Å²) >= 11 is 0. The maximum atomic E-state index is 12.3. The van der Waals surface area contributed by atoms with E-state index in [2.05, 4.69) is 21.2 Å². The summed E-state index contributed by atoms with van der Waals surface area (Å²) in [6.45, 7) is 4.40. The van der Waals surface area contributed by atoms with E-state index in [4.69, 9.17) is 0 Å². The van der Waals surface area contributed by atoms with Gasteiger partial charge in [-0.05, 0) is 19.4 Å². The number of hydrogen-bond acceptors (Lipinski definition) is 3. The second-order valence-corrected chi connectivity index (χ2v) is 4.71. The molecule has 0 bridgehead atoms. The first kappa shape index (κ1) is 11.6. The molecule has 0 saturated heterocycles. The number of aryl methyl sites for hydroxylation is 2. The van der Waals surface area contributed by atoms with E-state index in [9.17, 15) is 4.79 Å². The highest BCUT2D eigenvalue weighted by Crippen LogP contribution is 2.09. The average molecular weight is 254 g/mol. The quantitative estimate of drug-likeness (QED) is 0.758. The standard InChI is InChI=1S/C14H14N4O/c1-9-4-3-5-11(6-9)7-18-8-15-12-10(2)16-17-13(12)14(18)19/h3-6,8H,7H2,1-2H3,(H,16,17). The zero-order valence-electron chi connectivity index (χ0n) is 10.8. The molecule has 96 valence electrons. The van der Waals surface area contributed by atoms with Crippen LogP contribution in [0.5, 0.6) is 0 Å². The maximum absolute atomic E-state index is 12.3.